The van der Waals surface area contributed by atoms with E-state index in [0.29, 0.717) is 28.8 Å². The Morgan fingerprint density at radius 2 is 1.71 bits per heavy atom. The summed E-state index contributed by atoms with van der Waals surface area (Å²) in [5.74, 6) is 1.26. The molecule has 0 bridgehead atoms. The van der Waals surface area contributed by atoms with Gasteiger partial charge in [0.25, 0.3) is 0 Å². The minimum absolute atomic E-state index is 0.0768. The van der Waals surface area contributed by atoms with E-state index in [1.54, 1.807) is 33.1 Å². The molecule has 1 aromatic carbocycles. The summed E-state index contributed by atoms with van der Waals surface area (Å²) in [5.41, 5.74) is 1.28. The van der Waals surface area contributed by atoms with Gasteiger partial charge in [-0.25, -0.2) is 12.7 Å². The molecule has 1 saturated heterocycles. The number of ether oxygens (including phenoxy) is 1. The fourth-order valence-corrected chi connectivity index (χ4v) is 7.10. The predicted octanol–water partition coefficient (Wildman–Crippen LogP) is 2.63. The molecule has 1 aromatic rings. The molecule has 8 nitrogen and oxygen atoms in total. The minimum Gasteiger partial charge on any atom is -0.497 e. The van der Waals surface area contributed by atoms with Gasteiger partial charge in [-0.1, -0.05) is 0 Å². The molecule has 2 fully saturated rings. The van der Waals surface area contributed by atoms with Crippen LogP contribution in [-0.2, 0) is 14.8 Å². The van der Waals surface area contributed by atoms with Crippen LogP contribution < -0.4 is 10.1 Å². The Bertz CT molecular complexity index is 951. The number of nitrogens with one attached hydrogen (secondary N) is 1. The Balaban J connectivity index is 1.43. The summed E-state index contributed by atoms with van der Waals surface area (Å²) < 4.78 is 32.8. The second-order valence-electron chi connectivity index (χ2n) is 10.6. The van der Waals surface area contributed by atoms with Gasteiger partial charge in [-0.15, -0.1) is 0 Å². The van der Waals surface area contributed by atoms with E-state index >= 15 is 0 Å². The van der Waals surface area contributed by atoms with E-state index in [4.69, 9.17) is 4.74 Å². The number of aryl methyl sites for hydroxylation is 2. The highest BCUT2D eigenvalue weighted by atomic mass is 32.2. The maximum Gasteiger partial charge on any atom is 0.243 e. The topological polar surface area (TPSA) is 82.2 Å². The van der Waals surface area contributed by atoms with Gasteiger partial charge in [0.1, 0.15) is 5.75 Å². The maximum atomic E-state index is 13.2. The molecule has 35 heavy (non-hydrogen) atoms. The average Bonchev–Trinajstić information content (AvgIpc) is 3.27. The highest BCUT2D eigenvalue weighted by Gasteiger charge is 2.29. The molecule has 1 aliphatic heterocycles. The standard InChI is InChI=1S/C26H44N4O4S/c1-19-15-24(34-6)16-20(2)26(19)35(32,33)29(5)13-12-25(31)27-22-9-7-21(8-10-22)17-30-14-11-23(18-30)28(3)4/h15-16,21-23H,7-14,17-18H2,1-6H3,(H,27,31)/t21-,22-,23?. The lowest BCUT2D eigenvalue weighted by Gasteiger charge is -2.32. The third-order valence-corrected chi connectivity index (χ3v) is 9.86. The number of rotatable bonds is 10. The van der Waals surface area contributed by atoms with Crippen LogP contribution in [0.5, 0.6) is 5.75 Å². The van der Waals surface area contributed by atoms with E-state index in [2.05, 4.69) is 29.2 Å². The fraction of sp³-hybridized carbons (Fsp3) is 0.731. The Hall–Kier alpha value is -1.68. The molecule has 1 saturated carbocycles. The number of likely N-dealkylation sites (N-methyl/N-ethyl adjacent to an activating group) is 1. The molecule has 1 N–H and O–H groups in total. The van der Waals surface area contributed by atoms with Gasteiger partial charge < -0.3 is 19.9 Å². The molecule has 1 aliphatic carbocycles. The maximum absolute atomic E-state index is 13.2. The van der Waals surface area contributed by atoms with Crippen molar-refractivity contribution in [2.24, 2.45) is 5.92 Å². The van der Waals surface area contributed by atoms with Crippen LogP contribution in [0.25, 0.3) is 0 Å². The summed E-state index contributed by atoms with van der Waals surface area (Å²) in [6.07, 6.45) is 5.68. The number of benzene rings is 1. The summed E-state index contributed by atoms with van der Waals surface area (Å²) in [6.45, 7) is 7.20. The van der Waals surface area contributed by atoms with Crippen molar-refractivity contribution in [3.05, 3.63) is 23.3 Å². The summed E-state index contributed by atoms with van der Waals surface area (Å²) >= 11 is 0. The Kier molecular flexibility index (Phi) is 9.60. The first-order chi connectivity index (χ1) is 16.5. The summed E-state index contributed by atoms with van der Waals surface area (Å²) in [4.78, 5) is 17.8. The number of sulfonamides is 1. The third-order valence-electron chi connectivity index (χ3n) is 7.70. The van der Waals surface area contributed by atoms with Gasteiger partial charge in [-0.05, 0) is 95.8 Å². The molecule has 0 radical (unpaired) electrons. The van der Waals surface area contributed by atoms with Crippen LogP contribution in [0.4, 0.5) is 0 Å². The first-order valence-corrected chi connectivity index (χ1v) is 14.2. The molecular weight excluding hydrogens is 464 g/mol. The largest absolute Gasteiger partial charge is 0.497 e. The van der Waals surface area contributed by atoms with Gasteiger partial charge in [0.2, 0.25) is 15.9 Å². The number of carbonyl (C=O) groups excluding carboxylic acids is 1. The SMILES string of the molecule is COc1cc(C)c(S(=O)(=O)N(C)CCC(=O)N[C@H]2CC[C@H](CN3CCC(N(C)C)C3)CC2)c(C)c1. The normalized spacial score (nSPS) is 23.7. The van der Waals surface area contributed by atoms with Crippen molar-refractivity contribution < 1.29 is 17.9 Å². The molecular formula is C26H44N4O4S. The number of likely N-dealkylation sites (tertiary alicyclic amines) is 1. The van der Waals surface area contributed by atoms with Crippen LogP contribution in [0.2, 0.25) is 0 Å². The van der Waals surface area contributed by atoms with E-state index in [9.17, 15) is 13.2 Å². The Morgan fingerprint density at radius 3 is 2.26 bits per heavy atom. The highest BCUT2D eigenvalue weighted by molar-refractivity contribution is 7.89. The molecule has 1 amide bonds. The van der Waals surface area contributed by atoms with Crippen molar-refractivity contribution in [2.75, 3.05) is 54.4 Å². The van der Waals surface area contributed by atoms with E-state index in [1.165, 1.54) is 24.3 Å². The van der Waals surface area contributed by atoms with E-state index in [-0.39, 0.29) is 29.8 Å². The molecule has 2 aliphatic rings. The zero-order chi connectivity index (χ0) is 25.8. The van der Waals surface area contributed by atoms with Crippen molar-refractivity contribution in [1.82, 2.24) is 19.4 Å². The van der Waals surface area contributed by atoms with Gasteiger partial charge >= 0.3 is 0 Å². The van der Waals surface area contributed by atoms with Crippen LogP contribution in [0.3, 0.4) is 0 Å². The number of carbonyl (C=O) groups is 1. The first-order valence-electron chi connectivity index (χ1n) is 12.8. The molecule has 0 spiro atoms. The molecule has 1 heterocycles. The quantitative estimate of drug-likeness (QED) is 0.523. The predicted molar refractivity (Wildman–Crippen MR) is 139 cm³/mol. The zero-order valence-electron chi connectivity index (χ0n) is 22.3. The first kappa shape index (κ1) is 27.9. The second-order valence-corrected chi connectivity index (χ2v) is 12.6. The van der Waals surface area contributed by atoms with Crippen LogP contribution >= 0.6 is 0 Å². The smallest absolute Gasteiger partial charge is 0.243 e. The van der Waals surface area contributed by atoms with Crippen LogP contribution in [0.1, 0.15) is 49.7 Å². The second kappa shape index (κ2) is 12.0. The van der Waals surface area contributed by atoms with Gasteiger partial charge in [0.05, 0.1) is 12.0 Å². The Morgan fingerprint density at radius 1 is 1.09 bits per heavy atom. The number of hydrogen-bond donors (Lipinski definition) is 1. The fourth-order valence-electron chi connectivity index (χ4n) is 5.52. The summed E-state index contributed by atoms with van der Waals surface area (Å²) in [6, 6.07) is 4.31. The van der Waals surface area contributed by atoms with Gasteiger partial charge in [-0.3, -0.25) is 4.79 Å². The number of nitrogens with zero attached hydrogens (tertiary/aromatic N) is 3. The van der Waals surface area contributed by atoms with Gasteiger partial charge in [0, 0.05) is 45.2 Å². The average molecular weight is 509 g/mol. The zero-order valence-corrected chi connectivity index (χ0v) is 23.2. The van der Waals surface area contributed by atoms with E-state index in [0.717, 1.165) is 38.8 Å². The van der Waals surface area contributed by atoms with Gasteiger partial charge in [-0.2, -0.15) is 0 Å². The molecule has 3 rings (SSSR count). The van der Waals surface area contributed by atoms with Crippen molar-refractivity contribution in [3.63, 3.8) is 0 Å². The molecule has 1 unspecified atom stereocenters. The number of hydrogen-bond acceptors (Lipinski definition) is 6. The Labute approximate surface area is 212 Å². The number of methoxy groups -OCH3 is 1. The van der Waals surface area contributed by atoms with Crippen LogP contribution in [-0.4, -0.2) is 94.9 Å². The lowest BCUT2D eigenvalue weighted by Crippen LogP contribution is -2.41. The molecule has 1 atom stereocenters. The van der Waals surface area contributed by atoms with E-state index < -0.39 is 10.0 Å². The summed E-state index contributed by atoms with van der Waals surface area (Å²) in [7, 11) is 3.73. The minimum atomic E-state index is -3.69. The number of amides is 1. The van der Waals surface area contributed by atoms with Crippen LogP contribution in [0.15, 0.2) is 17.0 Å². The third kappa shape index (κ3) is 7.18. The molecule has 0 aromatic heterocycles. The van der Waals surface area contributed by atoms with E-state index in [1.807, 2.05) is 0 Å². The van der Waals surface area contributed by atoms with Crippen molar-refractivity contribution in [3.8, 4) is 5.75 Å². The van der Waals surface area contributed by atoms with Crippen LogP contribution in [0, 0.1) is 19.8 Å². The lowest BCUT2D eigenvalue weighted by atomic mass is 9.85. The molecule has 198 valence electrons. The molecule has 9 heteroatoms. The van der Waals surface area contributed by atoms with Crippen molar-refractivity contribution in [2.45, 2.75) is 69.4 Å². The highest BCUT2D eigenvalue weighted by Crippen LogP contribution is 2.29. The lowest BCUT2D eigenvalue weighted by molar-refractivity contribution is -0.122. The monoisotopic (exact) mass is 508 g/mol. The van der Waals surface area contributed by atoms with Crippen molar-refractivity contribution >= 4 is 15.9 Å². The van der Waals surface area contributed by atoms with Gasteiger partial charge in [0.15, 0.2) is 0 Å². The van der Waals surface area contributed by atoms with Crippen molar-refractivity contribution in [1.29, 1.82) is 0 Å². The summed E-state index contributed by atoms with van der Waals surface area (Å²) in [5, 5.41) is 3.14.